The van der Waals surface area contributed by atoms with E-state index in [4.69, 9.17) is 26.3 Å². The SMILES string of the molecule is N#Cc1cc(OC[C@H]2CCN2)c(OC[C@H]2CCN2)nc1Cl. The van der Waals surface area contributed by atoms with Crippen molar-refractivity contribution in [2.75, 3.05) is 26.3 Å². The monoisotopic (exact) mass is 308 g/mol. The molecule has 0 amide bonds. The van der Waals surface area contributed by atoms with E-state index in [1.807, 2.05) is 6.07 Å². The van der Waals surface area contributed by atoms with Gasteiger partial charge in [-0.3, -0.25) is 0 Å². The van der Waals surface area contributed by atoms with E-state index in [1.165, 1.54) is 0 Å². The lowest BCUT2D eigenvalue weighted by Crippen LogP contribution is -2.47. The van der Waals surface area contributed by atoms with Crippen molar-refractivity contribution >= 4 is 11.6 Å². The third kappa shape index (κ3) is 3.38. The van der Waals surface area contributed by atoms with Gasteiger partial charge in [0.25, 0.3) is 5.88 Å². The second-order valence-corrected chi connectivity index (χ2v) is 5.60. The Kier molecular flexibility index (Phi) is 4.44. The maximum atomic E-state index is 9.04. The van der Waals surface area contributed by atoms with Gasteiger partial charge in [-0.2, -0.15) is 10.2 Å². The minimum absolute atomic E-state index is 0.142. The number of aromatic nitrogens is 1. The predicted octanol–water partition coefficient (Wildman–Crippen LogP) is 1.09. The summed E-state index contributed by atoms with van der Waals surface area (Å²) < 4.78 is 11.4. The van der Waals surface area contributed by atoms with E-state index >= 15 is 0 Å². The summed E-state index contributed by atoms with van der Waals surface area (Å²) in [5, 5.41) is 15.7. The number of hydrogen-bond donors (Lipinski definition) is 2. The van der Waals surface area contributed by atoms with Crippen molar-refractivity contribution in [2.45, 2.75) is 24.9 Å². The number of ether oxygens (including phenoxy) is 2. The topological polar surface area (TPSA) is 79.2 Å². The van der Waals surface area contributed by atoms with Crippen LogP contribution >= 0.6 is 11.6 Å². The second-order valence-electron chi connectivity index (χ2n) is 5.24. The molecule has 2 fully saturated rings. The minimum atomic E-state index is 0.142. The van der Waals surface area contributed by atoms with Crippen LogP contribution in [0, 0.1) is 11.3 Å². The van der Waals surface area contributed by atoms with Gasteiger partial charge in [0.15, 0.2) is 10.9 Å². The molecule has 7 heteroatoms. The summed E-state index contributed by atoms with van der Waals surface area (Å²) in [7, 11) is 0. The van der Waals surface area contributed by atoms with Crippen LogP contribution in [0.4, 0.5) is 0 Å². The second kappa shape index (κ2) is 6.48. The summed E-state index contributed by atoms with van der Waals surface area (Å²) in [5.41, 5.74) is 0.294. The number of hydrogen-bond acceptors (Lipinski definition) is 6. The molecular formula is C14H17ClN4O2. The molecule has 2 aliphatic rings. The van der Waals surface area contributed by atoms with Gasteiger partial charge in [0.05, 0.1) is 5.56 Å². The van der Waals surface area contributed by atoms with Gasteiger partial charge in [-0.05, 0) is 25.9 Å². The summed E-state index contributed by atoms with van der Waals surface area (Å²) in [6.07, 6.45) is 2.18. The number of rotatable bonds is 6. The molecule has 3 heterocycles. The van der Waals surface area contributed by atoms with Crippen LogP contribution < -0.4 is 20.1 Å². The highest BCUT2D eigenvalue weighted by Gasteiger charge is 2.21. The molecule has 112 valence electrons. The zero-order valence-corrected chi connectivity index (χ0v) is 12.3. The molecule has 0 radical (unpaired) electrons. The normalized spacial score (nSPS) is 23.6. The Labute approximate surface area is 128 Å². The number of nitrogens with one attached hydrogen (secondary N) is 2. The Morgan fingerprint density at radius 3 is 2.38 bits per heavy atom. The van der Waals surface area contributed by atoms with Crippen LogP contribution in [0.15, 0.2) is 6.07 Å². The fourth-order valence-electron chi connectivity index (χ4n) is 2.09. The highest BCUT2D eigenvalue weighted by atomic mass is 35.5. The van der Waals surface area contributed by atoms with Crippen molar-refractivity contribution in [3.05, 3.63) is 16.8 Å². The first-order valence-electron chi connectivity index (χ1n) is 7.09. The smallest absolute Gasteiger partial charge is 0.258 e. The quantitative estimate of drug-likeness (QED) is 0.766. The molecule has 0 bridgehead atoms. The van der Waals surface area contributed by atoms with Gasteiger partial charge in [-0.1, -0.05) is 11.6 Å². The number of pyridine rings is 1. The Morgan fingerprint density at radius 2 is 1.86 bits per heavy atom. The summed E-state index contributed by atoms with van der Waals surface area (Å²) >= 11 is 5.97. The van der Waals surface area contributed by atoms with Gasteiger partial charge < -0.3 is 20.1 Å². The lowest BCUT2D eigenvalue weighted by atomic mass is 10.1. The van der Waals surface area contributed by atoms with Gasteiger partial charge in [0.1, 0.15) is 19.3 Å². The average Bonchev–Trinajstić information content (AvgIpc) is 2.37. The van der Waals surface area contributed by atoms with Gasteiger partial charge in [0.2, 0.25) is 0 Å². The molecule has 0 unspecified atom stereocenters. The van der Waals surface area contributed by atoms with Crippen LogP contribution in [0.25, 0.3) is 0 Å². The van der Waals surface area contributed by atoms with E-state index in [1.54, 1.807) is 6.07 Å². The Hall–Kier alpha value is -1.55. The highest BCUT2D eigenvalue weighted by molar-refractivity contribution is 6.30. The van der Waals surface area contributed by atoms with E-state index in [-0.39, 0.29) is 5.15 Å². The molecule has 1 aromatic heterocycles. The number of nitriles is 1. The van der Waals surface area contributed by atoms with Gasteiger partial charge in [-0.15, -0.1) is 0 Å². The molecule has 6 nitrogen and oxygen atoms in total. The molecule has 2 saturated heterocycles. The zero-order chi connectivity index (χ0) is 14.7. The fraction of sp³-hybridized carbons (Fsp3) is 0.571. The van der Waals surface area contributed by atoms with E-state index in [2.05, 4.69) is 15.6 Å². The first-order valence-corrected chi connectivity index (χ1v) is 7.47. The van der Waals surface area contributed by atoms with Crippen molar-refractivity contribution in [2.24, 2.45) is 0 Å². The van der Waals surface area contributed by atoms with Crippen LogP contribution in [0.2, 0.25) is 5.15 Å². The molecule has 1 aromatic rings. The lowest BCUT2D eigenvalue weighted by Gasteiger charge is -2.29. The maximum Gasteiger partial charge on any atom is 0.258 e. The third-order valence-electron chi connectivity index (χ3n) is 3.74. The van der Waals surface area contributed by atoms with Crippen molar-refractivity contribution in [1.29, 1.82) is 5.26 Å². The Morgan fingerprint density at radius 1 is 1.24 bits per heavy atom. The Balaban J connectivity index is 1.70. The molecule has 2 aliphatic heterocycles. The van der Waals surface area contributed by atoms with Crippen LogP contribution in [-0.4, -0.2) is 43.4 Å². The van der Waals surface area contributed by atoms with Crippen LogP contribution in [0.3, 0.4) is 0 Å². The third-order valence-corrected chi connectivity index (χ3v) is 4.03. The van der Waals surface area contributed by atoms with Crippen molar-refractivity contribution in [3.63, 3.8) is 0 Å². The minimum Gasteiger partial charge on any atom is -0.486 e. The highest BCUT2D eigenvalue weighted by Crippen LogP contribution is 2.30. The van der Waals surface area contributed by atoms with Crippen molar-refractivity contribution < 1.29 is 9.47 Å². The molecule has 21 heavy (non-hydrogen) atoms. The summed E-state index contributed by atoms with van der Waals surface area (Å²) in [5.74, 6) is 0.830. The summed E-state index contributed by atoms with van der Waals surface area (Å²) in [4.78, 5) is 4.14. The molecule has 0 aliphatic carbocycles. The Bertz CT molecular complexity index is 553. The maximum absolute atomic E-state index is 9.04. The van der Waals surface area contributed by atoms with Crippen molar-refractivity contribution in [3.8, 4) is 17.7 Å². The zero-order valence-electron chi connectivity index (χ0n) is 11.6. The van der Waals surface area contributed by atoms with Crippen LogP contribution in [0.1, 0.15) is 18.4 Å². The number of nitrogens with zero attached hydrogens (tertiary/aromatic N) is 2. The lowest BCUT2D eigenvalue weighted by molar-refractivity contribution is 0.183. The van der Waals surface area contributed by atoms with Gasteiger partial charge in [0, 0.05) is 18.2 Å². The number of halogens is 1. The van der Waals surface area contributed by atoms with Gasteiger partial charge >= 0.3 is 0 Å². The summed E-state index contributed by atoms with van der Waals surface area (Å²) in [6.45, 7) is 3.10. The summed E-state index contributed by atoms with van der Waals surface area (Å²) in [6, 6.07) is 4.31. The standard InChI is InChI=1S/C14H17ClN4O2/c15-13-9(6-16)5-12(20-7-10-1-3-17-10)14(19-13)21-8-11-2-4-18-11/h5,10-11,17-18H,1-4,7-8H2/t10-,11-/m1/s1. The van der Waals surface area contributed by atoms with E-state index in [9.17, 15) is 0 Å². The molecule has 2 atom stereocenters. The van der Waals surface area contributed by atoms with Crippen LogP contribution in [0.5, 0.6) is 11.6 Å². The van der Waals surface area contributed by atoms with Crippen molar-refractivity contribution in [1.82, 2.24) is 15.6 Å². The molecule has 0 spiro atoms. The molecule has 0 saturated carbocycles. The molecule has 0 aromatic carbocycles. The van der Waals surface area contributed by atoms with E-state index in [0.29, 0.717) is 42.5 Å². The largest absolute Gasteiger partial charge is 0.486 e. The van der Waals surface area contributed by atoms with E-state index in [0.717, 1.165) is 25.9 Å². The molecular weight excluding hydrogens is 292 g/mol. The molecule has 2 N–H and O–H groups in total. The fourth-order valence-corrected chi connectivity index (χ4v) is 2.27. The van der Waals surface area contributed by atoms with Crippen LogP contribution in [-0.2, 0) is 0 Å². The first-order chi connectivity index (χ1) is 10.3. The predicted molar refractivity (Wildman–Crippen MR) is 77.8 cm³/mol. The van der Waals surface area contributed by atoms with E-state index < -0.39 is 0 Å². The first kappa shape index (κ1) is 14.4. The molecule has 3 rings (SSSR count). The van der Waals surface area contributed by atoms with Gasteiger partial charge in [-0.25, -0.2) is 0 Å². The average molecular weight is 309 g/mol.